The lowest BCUT2D eigenvalue weighted by Crippen LogP contribution is -2.25. The monoisotopic (exact) mass is 383 g/mol. The summed E-state index contributed by atoms with van der Waals surface area (Å²) in [5.74, 6) is -1.92. The van der Waals surface area contributed by atoms with Crippen LogP contribution < -0.4 is 9.64 Å². The van der Waals surface area contributed by atoms with E-state index < -0.39 is 17.7 Å². The summed E-state index contributed by atoms with van der Waals surface area (Å²) < 4.78 is 24.2. The number of methoxy groups -OCH3 is 2. The molecule has 3 rings (SSSR count). The maximum Gasteiger partial charge on any atom is 0.340 e. The zero-order valence-electron chi connectivity index (χ0n) is 15.5. The first-order valence-electron chi connectivity index (χ1n) is 8.37. The number of hydrogen-bond acceptors (Lipinski definition) is 5. The molecule has 1 aliphatic heterocycles. The highest BCUT2D eigenvalue weighted by Gasteiger charge is 2.39. The SMILES string of the molecule is COC(=O)C1=C(C)N(c2ccccc2F)C(=O)C1=Cc1cccc(OC)c1O. The third kappa shape index (κ3) is 3.11. The maximum atomic E-state index is 14.3. The number of hydrogen-bond donors (Lipinski definition) is 1. The van der Waals surface area contributed by atoms with E-state index in [1.54, 1.807) is 24.3 Å². The number of phenols is 1. The van der Waals surface area contributed by atoms with E-state index in [1.807, 2.05) is 0 Å². The summed E-state index contributed by atoms with van der Waals surface area (Å²) in [4.78, 5) is 26.6. The second-order valence-corrected chi connectivity index (χ2v) is 6.00. The number of benzene rings is 2. The number of para-hydroxylation sites is 2. The molecule has 1 N–H and O–H groups in total. The van der Waals surface area contributed by atoms with Gasteiger partial charge in [-0.05, 0) is 31.2 Å². The fourth-order valence-corrected chi connectivity index (χ4v) is 3.08. The Morgan fingerprint density at radius 1 is 1.14 bits per heavy atom. The number of ether oxygens (including phenoxy) is 2. The van der Waals surface area contributed by atoms with Crippen LogP contribution in [0.1, 0.15) is 12.5 Å². The highest BCUT2D eigenvalue weighted by molar-refractivity contribution is 6.24. The number of aromatic hydroxyl groups is 1. The van der Waals surface area contributed by atoms with Gasteiger partial charge in [-0.15, -0.1) is 0 Å². The molecule has 6 nitrogen and oxygen atoms in total. The molecule has 144 valence electrons. The van der Waals surface area contributed by atoms with Crippen molar-refractivity contribution in [3.63, 3.8) is 0 Å². The molecule has 1 heterocycles. The predicted octanol–water partition coefficient (Wildman–Crippen LogP) is 3.42. The zero-order chi connectivity index (χ0) is 20.4. The van der Waals surface area contributed by atoms with Gasteiger partial charge in [-0.2, -0.15) is 0 Å². The minimum Gasteiger partial charge on any atom is -0.504 e. The van der Waals surface area contributed by atoms with Crippen LogP contribution in [0, 0.1) is 5.82 Å². The summed E-state index contributed by atoms with van der Waals surface area (Å²) in [6.07, 6.45) is 1.36. The molecular formula is C21H18FNO5. The Morgan fingerprint density at radius 3 is 2.50 bits per heavy atom. The fourth-order valence-electron chi connectivity index (χ4n) is 3.08. The molecule has 1 amide bonds. The summed E-state index contributed by atoms with van der Waals surface area (Å²) >= 11 is 0. The van der Waals surface area contributed by atoms with E-state index in [1.165, 1.54) is 45.4 Å². The quantitative estimate of drug-likeness (QED) is 0.647. The normalized spacial score (nSPS) is 15.4. The number of nitrogens with zero attached hydrogens (tertiary/aromatic N) is 1. The number of phenolic OH excluding ortho intramolecular Hbond substituents is 1. The van der Waals surface area contributed by atoms with Crippen LogP contribution in [0.5, 0.6) is 11.5 Å². The highest BCUT2D eigenvalue weighted by atomic mass is 19.1. The number of esters is 1. The molecule has 7 heteroatoms. The third-order valence-electron chi connectivity index (χ3n) is 4.43. The van der Waals surface area contributed by atoms with Crippen molar-refractivity contribution >= 4 is 23.6 Å². The van der Waals surface area contributed by atoms with Gasteiger partial charge >= 0.3 is 5.97 Å². The second-order valence-electron chi connectivity index (χ2n) is 6.00. The molecule has 0 spiro atoms. The van der Waals surface area contributed by atoms with Crippen molar-refractivity contribution in [1.82, 2.24) is 0 Å². The van der Waals surface area contributed by atoms with Gasteiger partial charge < -0.3 is 14.6 Å². The lowest BCUT2D eigenvalue weighted by Gasteiger charge is -2.18. The van der Waals surface area contributed by atoms with E-state index >= 15 is 0 Å². The standard InChI is InChI=1S/C21H18FNO5/c1-12-18(21(26)28-3)14(11-13-7-6-10-17(27-2)19(13)24)20(25)23(12)16-9-5-4-8-15(16)22/h4-11,24H,1-3H3. The molecule has 0 bridgehead atoms. The third-order valence-corrected chi connectivity index (χ3v) is 4.43. The number of rotatable bonds is 4. The van der Waals surface area contributed by atoms with Gasteiger partial charge in [-0.3, -0.25) is 9.69 Å². The minimum absolute atomic E-state index is 0.00188. The lowest BCUT2D eigenvalue weighted by atomic mass is 10.0. The van der Waals surface area contributed by atoms with Crippen LogP contribution in [0.4, 0.5) is 10.1 Å². The average Bonchev–Trinajstić information content (AvgIpc) is 2.93. The van der Waals surface area contributed by atoms with Crippen molar-refractivity contribution in [2.45, 2.75) is 6.92 Å². The van der Waals surface area contributed by atoms with Gasteiger partial charge in [0.15, 0.2) is 11.5 Å². The van der Waals surface area contributed by atoms with E-state index in [0.717, 1.165) is 4.90 Å². The Bertz CT molecular complexity index is 1030. The number of halogens is 1. The van der Waals surface area contributed by atoms with Crippen molar-refractivity contribution < 1.29 is 28.6 Å². The average molecular weight is 383 g/mol. The van der Waals surface area contributed by atoms with Crippen LogP contribution in [0.3, 0.4) is 0 Å². The van der Waals surface area contributed by atoms with Gasteiger partial charge in [0.2, 0.25) is 0 Å². The van der Waals surface area contributed by atoms with Crippen molar-refractivity contribution in [2.24, 2.45) is 0 Å². The molecule has 0 fully saturated rings. The first-order valence-corrected chi connectivity index (χ1v) is 8.37. The van der Waals surface area contributed by atoms with Crippen LogP contribution >= 0.6 is 0 Å². The number of anilines is 1. The van der Waals surface area contributed by atoms with Gasteiger partial charge in [-0.1, -0.05) is 24.3 Å². The molecule has 28 heavy (non-hydrogen) atoms. The molecule has 0 saturated heterocycles. The van der Waals surface area contributed by atoms with E-state index in [4.69, 9.17) is 9.47 Å². The number of carbonyl (C=O) groups excluding carboxylic acids is 2. The smallest absolute Gasteiger partial charge is 0.340 e. The van der Waals surface area contributed by atoms with Gasteiger partial charge in [0.05, 0.1) is 31.1 Å². The van der Waals surface area contributed by atoms with Gasteiger partial charge in [-0.25, -0.2) is 9.18 Å². The van der Waals surface area contributed by atoms with E-state index in [0.29, 0.717) is 0 Å². The Balaban J connectivity index is 2.20. The molecule has 0 aliphatic carbocycles. The first kappa shape index (κ1) is 19.2. The molecule has 0 radical (unpaired) electrons. The molecule has 0 saturated carbocycles. The Labute approximate surface area is 161 Å². The molecular weight excluding hydrogens is 365 g/mol. The Morgan fingerprint density at radius 2 is 1.86 bits per heavy atom. The summed E-state index contributed by atoms with van der Waals surface area (Å²) in [5.41, 5.74) is 0.502. The topological polar surface area (TPSA) is 76.1 Å². The van der Waals surface area contributed by atoms with E-state index in [9.17, 15) is 19.1 Å². The van der Waals surface area contributed by atoms with Crippen LogP contribution in [-0.2, 0) is 14.3 Å². The summed E-state index contributed by atoms with van der Waals surface area (Å²) in [7, 11) is 2.59. The van der Waals surface area contributed by atoms with Gasteiger partial charge in [0.25, 0.3) is 5.91 Å². The molecule has 2 aromatic carbocycles. The summed E-state index contributed by atoms with van der Waals surface area (Å²) in [6.45, 7) is 1.53. The molecule has 1 aliphatic rings. The molecule has 0 atom stereocenters. The second kappa shape index (κ2) is 7.56. The molecule has 0 aromatic heterocycles. The first-order chi connectivity index (χ1) is 13.4. The summed E-state index contributed by atoms with van der Waals surface area (Å²) in [5, 5.41) is 10.3. The van der Waals surface area contributed by atoms with Gasteiger partial charge in [0.1, 0.15) is 5.82 Å². The van der Waals surface area contributed by atoms with Crippen LogP contribution in [0.15, 0.2) is 59.3 Å². The number of allylic oxidation sites excluding steroid dienone is 1. The number of carbonyl (C=O) groups is 2. The van der Waals surface area contributed by atoms with Crippen molar-refractivity contribution in [3.8, 4) is 11.5 Å². The van der Waals surface area contributed by atoms with E-state index in [-0.39, 0.29) is 39.6 Å². The van der Waals surface area contributed by atoms with Crippen molar-refractivity contribution in [2.75, 3.05) is 19.1 Å². The number of amides is 1. The highest BCUT2D eigenvalue weighted by Crippen LogP contribution is 2.38. The lowest BCUT2D eigenvalue weighted by molar-refractivity contribution is -0.136. The Kier molecular flexibility index (Phi) is 5.17. The largest absolute Gasteiger partial charge is 0.504 e. The summed E-state index contributed by atoms with van der Waals surface area (Å²) in [6, 6.07) is 10.5. The molecule has 2 aromatic rings. The zero-order valence-corrected chi connectivity index (χ0v) is 15.5. The van der Waals surface area contributed by atoms with E-state index in [2.05, 4.69) is 0 Å². The maximum absolute atomic E-state index is 14.3. The van der Waals surface area contributed by atoms with Crippen LogP contribution in [0.2, 0.25) is 0 Å². The van der Waals surface area contributed by atoms with Crippen LogP contribution in [0.25, 0.3) is 6.08 Å². The fraction of sp³-hybridized carbons (Fsp3) is 0.143. The minimum atomic E-state index is -0.738. The van der Waals surface area contributed by atoms with Crippen LogP contribution in [-0.4, -0.2) is 31.2 Å². The van der Waals surface area contributed by atoms with Crippen molar-refractivity contribution in [1.29, 1.82) is 0 Å². The molecule has 0 unspecified atom stereocenters. The Hall–Kier alpha value is -3.61. The predicted molar refractivity (Wildman–Crippen MR) is 101 cm³/mol. The van der Waals surface area contributed by atoms with Gasteiger partial charge in [0, 0.05) is 11.3 Å². The van der Waals surface area contributed by atoms with Crippen molar-refractivity contribution in [3.05, 3.63) is 70.7 Å².